The lowest BCUT2D eigenvalue weighted by molar-refractivity contribution is -0.116. The molecule has 1 aliphatic rings. The Hall–Kier alpha value is -2.95. The summed E-state index contributed by atoms with van der Waals surface area (Å²) in [5.41, 5.74) is 5.73. The Bertz CT molecular complexity index is 944. The Balaban J connectivity index is 2.06. The zero-order valence-corrected chi connectivity index (χ0v) is 13.6. The molecule has 4 N–H and O–H groups in total. The SMILES string of the molecule is NOS(=O)(=O)c1cc(N2N=C(N)CC2=O)ccc1Oc1ccccc1. The lowest BCUT2D eigenvalue weighted by Gasteiger charge is -2.15. The molecule has 0 saturated heterocycles. The number of rotatable bonds is 5. The third kappa shape index (κ3) is 3.45. The molecule has 0 spiro atoms. The molecule has 0 radical (unpaired) electrons. The summed E-state index contributed by atoms with van der Waals surface area (Å²) < 4.78 is 33.9. The fourth-order valence-electron chi connectivity index (χ4n) is 2.23. The third-order valence-corrected chi connectivity index (χ3v) is 4.45. The Morgan fingerprint density at radius 1 is 1.12 bits per heavy atom. The van der Waals surface area contributed by atoms with Crippen molar-refractivity contribution in [3.05, 3.63) is 48.5 Å². The number of benzene rings is 2. The molecule has 2 aromatic rings. The number of amides is 1. The van der Waals surface area contributed by atoms with Gasteiger partial charge in [-0.25, -0.2) is 0 Å². The van der Waals surface area contributed by atoms with Crippen molar-refractivity contribution < 1.29 is 22.2 Å². The van der Waals surface area contributed by atoms with Crippen LogP contribution in [0.25, 0.3) is 0 Å². The van der Waals surface area contributed by atoms with Gasteiger partial charge < -0.3 is 10.5 Å². The van der Waals surface area contributed by atoms with Crippen molar-refractivity contribution in [2.24, 2.45) is 16.7 Å². The number of amidine groups is 1. The molecule has 10 heteroatoms. The van der Waals surface area contributed by atoms with Crippen LogP contribution in [0.5, 0.6) is 11.5 Å². The zero-order valence-electron chi connectivity index (χ0n) is 12.8. The smallest absolute Gasteiger partial charge is 0.316 e. The number of hydrogen-bond acceptors (Lipinski definition) is 8. The van der Waals surface area contributed by atoms with Crippen molar-refractivity contribution in [1.29, 1.82) is 0 Å². The lowest BCUT2D eigenvalue weighted by atomic mass is 10.2. The normalized spacial score (nSPS) is 14.5. The van der Waals surface area contributed by atoms with Crippen LogP contribution in [-0.4, -0.2) is 20.2 Å². The van der Waals surface area contributed by atoms with Crippen LogP contribution in [0.4, 0.5) is 5.69 Å². The van der Waals surface area contributed by atoms with Gasteiger partial charge >= 0.3 is 10.1 Å². The first-order valence-corrected chi connectivity index (χ1v) is 8.48. The van der Waals surface area contributed by atoms with Gasteiger partial charge in [0.15, 0.2) is 0 Å². The number of nitrogens with zero attached hydrogens (tertiary/aromatic N) is 2. The minimum atomic E-state index is -4.30. The van der Waals surface area contributed by atoms with Crippen LogP contribution in [0.1, 0.15) is 6.42 Å². The Morgan fingerprint density at radius 3 is 2.44 bits per heavy atom. The summed E-state index contributed by atoms with van der Waals surface area (Å²) in [6.45, 7) is 0. The standard InChI is InChI=1S/C15H14N4O5S/c16-14-9-15(20)19(18-14)10-6-7-12(13(8-10)25(21,22)24-17)23-11-4-2-1-3-5-11/h1-8H,9,17H2,(H2,16,18). The highest BCUT2D eigenvalue weighted by Gasteiger charge is 2.27. The van der Waals surface area contributed by atoms with E-state index in [2.05, 4.69) is 9.39 Å². The highest BCUT2D eigenvalue weighted by atomic mass is 32.2. The van der Waals surface area contributed by atoms with Gasteiger partial charge in [-0.15, -0.1) is 0 Å². The molecular formula is C15H14N4O5S. The van der Waals surface area contributed by atoms with Gasteiger partial charge in [-0.05, 0) is 30.3 Å². The van der Waals surface area contributed by atoms with Crippen molar-refractivity contribution >= 4 is 27.5 Å². The summed E-state index contributed by atoms with van der Waals surface area (Å²) in [4.78, 5) is 11.5. The highest BCUT2D eigenvalue weighted by molar-refractivity contribution is 7.86. The van der Waals surface area contributed by atoms with Crippen molar-refractivity contribution in [2.45, 2.75) is 11.3 Å². The molecule has 0 fully saturated rings. The molecule has 2 aromatic carbocycles. The number of hydrazone groups is 1. The van der Waals surface area contributed by atoms with E-state index in [0.29, 0.717) is 5.75 Å². The van der Waals surface area contributed by atoms with E-state index in [1.54, 1.807) is 30.3 Å². The largest absolute Gasteiger partial charge is 0.456 e. The molecule has 0 bridgehead atoms. The van der Waals surface area contributed by atoms with Gasteiger partial charge in [-0.2, -0.15) is 28.7 Å². The summed E-state index contributed by atoms with van der Waals surface area (Å²) in [5, 5.41) is 4.88. The first kappa shape index (κ1) is 16.9. The lowest BCUT2D eigenvalue weighted by Crippen LogP contribution is -2.20. The molecule has 1 heterocycles. The number of carbonyl (C=O) groups is 1. The second kappa shape index (κ2) is 6.51. The maximum Gasteiger partial charge on any atom is 0.316 e. The molecule has 0 aliphatic carbocycles. The van der Waals surface area contributed by atoms with Gasteiger partial charge in [0.2, 0.25) is 0 Å². The van der Waals surface area contributed by atoms with Gasteiger partial charge in [-0.3, -0.25) is 4.79 Å². The van der Waals surface area contributed by atoms with Crippen molar-refractivity contribution in [1.82, 2.24) is 0 Å². The van der Waals surface area contributed by atoms with E-state index < -0.39 is 10.1 Å². The molecule has 1 aliphatic heterocycles. The number of para-hydroxylation sites is 1. The van der Waals surface area contributed by atoms with Gasteiger partial charge in [-0.1, -0.05) is 18.2 Å². The van der Waals surface area contributed by atoms with Crippen LogP contribution < -0.4 is 21.4 Å². The molecule has 0 unspecified atom stereocenters. The molecule has 25 heavy (non-hydrogen) atoms. The second-order valence-corrected chi connectivity index (χ2v) is 6.61. The molecule has 9 nitrogen and oxygen atoms in total. The van der Waals surface area contributed by atoms with E-state index >= 15 is 0 Å². The van der Waals surface area contributed by atoms with Gasteiger partial charge in [0.05, 0.1) is 12.1 Å². The minimum absolute atomic E-state index is 0.0102. The molecule has 0 aromatic heterocycles. The summed E-state index contributed by atoms with van der Waals surface area (Å²) >= 11 is 0. The average molecular weight is 362 g/mol. The van der Waals surface area contributed by atoms with Gasteiger partial charge in [0, 0.05) is 0 Å². The minimum Gasteiger partial charge on any atom is -0.456 e. The van der Waals surface area contributed by atoms with Crippen molar-refractivity contribution in [2.75, 3.05) is 5.01 Å². The summed E-state index contributed by atoms with van der Waals surface area (Å²) in [7, 11) is -4.30. The maximum absolute atomic E-state index is 12.1. The van der Waals surface area contributed by atoms with Crippen LogP contribution >= 0.6 is 0 Å². The predicted molar refractivity (Wildman–Crippen MR) is 89.1 cm³/mol. The first-order valence-electron chi connectivity index (χ1n) is 7.07. The summed E-state index contributed by atoms with van der Waals surface area (Å²) in [6.07, 6.45) is -0.0439. The Labute approximate surface area is 143 Å². The summed E-state index contributed by atoms with van der Waals surface area (Å²) in [6, 6.07) is 12.6. The Kier molecular flexibility index (Phi) is 4.40. The van der Waals surface area contributed by atoms with Crippen LogP contribution in [0.3, 0.4) is 0 Å². The Morgan fingerprint density at radius 2 is 1.84 bits per heavy atom. The first-order chi connectivity index (χ1) is 11.9. The van der Waals surface area contributed by atoms with Crippen molar-refractivity contribution in [3.8, 4) is 11.5 Å². The van der Waals surface area contributed by atoms with Crippen LogP contribution in [0.15, 0.2) is 58.5 Å². The fraction of sp³-hybridized carbons (Fsp3) is 0.0667. The van der Waals surface area contributed by atoms with Gasteiger partial charge in [0.1, 0.15) is 22.2 Å². The second-order valence-electron chi connectivity index (χ2n) is 5.07. The zero-order chi connectivity index (χ0) is 18.0. The van der Waals surface area contributed by atoms with E-state index in [4.69, 9.17) is 16.4 Å². The van der Waals surface area contributed by atoms with E-state index in [1.807, 2.05) is 0 Å². The van der Waals surface area contributed by atoms with Crippen LogP contribution in [0, 0.1) is 0 Å². The van der Waals surface area contributed by atoms with E-state index in [1.165, 1.54) is 18.2 Å². The number of hydrogen-bond donors (Lipinski definition) is 2. The molecular weight excluding hydrogens is 348 g/mol. The molecule has 1 amide bonds. The molecule has 3 rings (SSSR count). The monoisotopic (exact) mass is 362 g/mol. The van der Waals surface area contributed by atoms with E-state index in [0.717, 1.165) is 5.01 Å². The van der Waals surface area contributed by atoms with E-state index in [9.17, 15) is 13.2 Å². The quantitative estimate of drug-likeness (QED) is 0.759. The maximum atomic E-state index is 12.1. The van der Waals surface area contributed by atoms with Crippen LogP contribution in [-0.2, 0) is 19.2 Å². The molecule has 0 atom stereocenters. The highest BCUT2D eigenvalue weighted by Crippen LogP contribution is 2.34. The summed E-state index contributed by atoms with van der Waals surface area (Å²) in [5.74, 6) is 5.04. The fourth-order valence-corrected chi connectivity index (χ4v) is 2.95. The number of ether oxygens (including phenoxy) is 1. The predicted octanol–water partition coefficient (Wildman–Crippen LogP) is 1.07. The third-order valence-electron chi connectivity index (χ3n) is 3.34. The topological polar surface area (TPSA) is 137 Å². The average Bonchev–Trinajstić information content (AvgIpc) is 2.94. The molecule has 0 saturated carbocycles. The van der Waals surface area contributed by atoms with Crippen molar-refractivity contribution in [3.63, 3.8) is 0 Å². The van der Waals surface area contributed by atoms with E-state index in [-0.39, 0.29) is 34.5 Å². The molecule has 130 valence electrons. The van der Waals surface area contributed by atoms with Crippen LogP contribution in [0.2, 0.25) is 0 Å². The number of nitrogens with two attached hydrogens (primary N) is 2. The van der Waals surface area contributed by atoms with Gasteiger partial charge in [0.25, 0.3) is 5.91 Å². The number of carbonyl (C=O) groups excluding carboxylic acids is 1. The number of anilines is 1.